The lowest BCUT2D eigenvalue weighted by atomic mass is 10.1. The van der Waals surface area contributed by atoms with Gasteiger partial charge in [-0.1, -0.05) is 6.07 Å². The number of nitrogens with two attached hydrogens (primary N) is 1. The van der Waals surface area contributed by atoms with E-state index in [1.165, 1.54) is 24.3 Å². The van der Waals surface area contributed by atoms with Crippen LogP contribution in [0.2, 0.25) is 0 Å². The van der Waals surface area contributed by atoms with E-state index in [1.54, 1.807) is 6.07 Å². The monoisotopic (exact) mass is 352 g/mol. The summed E-state index contributed by atoms with van der Waals surface area (Å²) in [5.41, 5.74) is 5.47. The van der Waals surface area contributed by atoms with Crippen molar-refractivity contribution >= 4 is 39.2 Å². The van der Waals surface area contributed by atoms with Gasteiger partial charge < -0.3 is 16.2 Å². The Balaban J connectivity index is 2.44. The first-order valence-corrected chi connectivity index (χ1v) is 6.57. The summed E-state index contributed by atoms with van der Waals surface area (Å²) in [5, 5.41) is 11.8. The van der Waals surface area contributed by atoms with E-state index in [2.05, 4.69) is 21.2 Å². The topological polar surface area (TPSA) is 92.4 Å². The molecular formula is C14H10BrFN2O3. The van der Waals surface area contributed by atoms with Crippen LogP contribution < -0.4 is 11.1 Å². The van der Waals surface area contributed by atoms with Crippen molar-refractivity contribution < 1.29 is 19.1 Å². The van der Waals surface area contributed by atoms with Crippen molar-refractivity contribution in [2.75, 3.05) is 5.32 Å². The minimum absolute atomic E-state index is 0.0389. The fourth-order valence-corrected chi connectivity index (χ4v) is 2.22. The van der Waals surface area contributed by atoms with Gasteiger partial charge in [0, 0.05) is 10.2 Å². The molecule has 2 rings (SSSR count). The second-order valence-corrected chi connectivity index (χ2v) is 5.01. The molecule has 1 amide bonds. The number of hydrogen-bond acceptors (Lipinski definition) is 3. The van der Waals surface area contributed by atoms with E-state index < -0.39 is 17.7 Å². The molecule has 0 unspecified atom stereocenters. The molecule has 0 fully saturated rings. The number of carbonyl (C=O) groups is 2. The van der Waals surface area contributed by atoms with Crippen LogP contribution in [0, 0.1) is 5.82 Å². The number of benzene rings is 2. The molecule has 0 heterocycles. The minimum atomic E-state index is -1.11. The molecule has 2 aromatic rings. The second-order valence-electron chi connectivity index (χ2n) is 4.15. The fraction of sp³-hybridized carbons (Fsp3) is 0. The van der Waals surface area contributed by atoms with Gasteiger partial charge in [0.15, 0.2) is 0 Å². The maximum absolute atomic E-state index is 13.6. The number of carboxylic acid groups (broad SMARTS) is 1. The summed E-state index contributed by atoms with van der Waals surface area (Å²) in [7, 11) is 0. The van der Waals surface area contributed by atoms with E-state index >= 15 is 0 Å². The lowest BCUT2D eigenvalue weighted by molar-refractivity contribution is 0.0695. The zero-order valence-electron chi connectivity index (χ0n) is 10.6. The third kappa shape index (κ3) is 3.19. The number of anilines is 2. The highest BCUT2D eigenvalue weighted by Gasteiger charge is 2.15. The molecule has 0 radical (unpaired) electrons. The Hall–Kier alpha value is -2.41. The van der Waals surface area contributed by atoms with Gasteiger partial charge in [0.2, 0.25) is 0 Å². The Kier molecular flexibility index (Phi) is 4.23. The first kappa shape index (κ1) is 15.0. The first-order chi connectivity index (χ1) is 9.90. The highest BCUT2D eigenvalue weighted by molar-refractivity contribution is 9.10. The van der Waals surface area contributed by atoms with Crippen molar-refractivity contribution in [3.63, 3.8) is 0 Å². The molecule has 5 nitrogen and oxygen atoms in total. The van der Waals surface area contributed by atoms with Gasteiger partial charge >= 0.3 is 5.97 Å². The van der Waals surface area contributed by atoms with Crippen LogP contribution in [0.25, 0.3) is 0 Å². The van der Waals surface area contributed by atoms with Crippen molar-refractivity contribution in [2.24, 2.45) is 5.73 Å². The van der Waals surface area contributed by atoms with E-state index in [-0.39, 0.29) is 16.8 Å². The average molecular weight is 353 g/mol. The zero-order chi connectivity index (χ0) is 15.6. The van der Waals surface area contributed by atoms with Gasteiger partial charge in [-0.15, -0.1) is 0 Å². The summed E-state index contributed by atoms with van der Waals surface area (Å²) < 4.78 is 14.0. The molecule has 0 aliphatic carbocycles. The second kappa shape index (κ2) is 5.92. The van der Waals surface area contributed by atoms with E-state index in [4.69, 9.17) is 10.8 Å². The highest BCUT2D eigenvalue weighted by Crippen LogP contribution is 2.26. The summed E-state index contributed by atoms with van der Waals surface area (Å²) >= 11 is 3.12. The molecule has 7 heteroatoms. The van der Waals surface area contributed by atoms with Crippen molar-refractivity contribution in [1.29, 1.82) is 0 Å². The molecule has 0 atom stereocenters. The number of hydrogen-bond donors (Lipinski definition) is 3. The molecule has 21 heavy (non-hydrogen) atoms. The minimum Gasteiger partial charge on any atom is -0.478 e. The van der Waals surface area contributed by atoms with Gasteiger partial charge in [-0.25, -0.2) is 9.18 Å². The lowest BCUT2D eigenvalue weighted by Gasteiger charge is -2.11. The maximum atomic E-state index is 13.6. The molecule has 4 N–H and O–H groups in total. The van der Waals surface area contributed by atoms with Crippen LogP contribution in [0.3, 0.4) is 0 Å². The molecule has 0 spiro atoms. The number of carbonyl (C=O) groups excluding carboxylic acids is 1. The summed E-state index contributed by atoms with van der Waals surface area (Å²) in [6.07, 6.45) is 0. The van der Waals surface area contributed by atoms with E-state index in [9.17, 15) is 14.0 Å². The number of carboxylic acids is 1. The molecule has 0 aliphatic rings. The SMILES string of the molecule is NC(=O)c1c(F)cccc1Nc1ccc(Br)c(C(=O)O)c1. The molecule has 2 aromatic carbocycles. The number of rotatable bonds is 4. The van der Waals surface area contributed by atoms with Gasteiger partial charge in [-0.3, -0.25) is 4.79 Å². The van der Waals surface area contributed by atoms with Crippen LogP contribution in [0.5, 0.6) is 0 Å². The van der Waals surface area contributed by atoms with E-state index in [0.29, 0.717) is 10.2 Å². The summed E-state index contributed by atoms with van der Waals surface area (Å²) in [6, 6.07) is 8.51. The molecule has 0 bridgehead atoms. The van der Waals surface area contributed by atoms with Crippen LogP contribution in [-0.4, -0.2) is 17.0 Å². The Bertz CT molecular complexity index is 734. The molecule has 108 valence electrons. The number of halogens is 2. The largest absolute Gasteiger partial charge is 0.478 e. The Labute approximate surface area is 127 Å². The van der Waals surface area contributed by atoms with Crippen molar-refractivity contribution in [3.8, 4) is 0 Å². The summed E-state index contributed by atoms with van der Waals surface area (Å²) in [4.78, 5) is 22.4. The number of primary amides is 1. The third-order valence-corrected chi connectivity index (χ3v) is 3.43. The van der Waals surface area contributed by atoms with Gasteiger partial charge in [0.05, 0.1) is 16.8 Å². The van der Waals surface area contributed by atoms with Crippen molar-refractivity contribution in [3.05, 3.63) is 57.8 Å². The number of nitrogens with one attached hydrogen (secondary N) is 1. The van der Waals surface area contributed by atoms with E-state index in [1.807, 2.05) is 0 Å². The van der Waals surface area contributed by atoms with Crippen LogP contribution >= 0.6 is 15.9 Å². The average Bonchev–Trinajstić information content (AvgIpc) is 2.40. The predicted molar refractivity (Wildman–Crippen MR) is 79.3 cm³/mol. The third-order valence-electron chi connectivity index (χ3n) is 2.74. The van der Waals surface area contributed by atoms with Crippen molar-refractivity contribution in [2.45, 2.75) is 0 Å². The van der Waals surface area contributed by atoms with Gasteiger partial charge in [0.1, 0.15) is 5.82 Å². The molecule has 0 saturated heterocycles. The smallest absolute Gasteiger partial charge is 0.336 e. The first-order valence-electron chi connectivity index (χ1n) is 5.78. The number of aromatic carboxylic acids is 1. The molecule has 0 saturated carbocycles. The molecular weight excluding hydrogens is 343 g/mol. The molecule has 0 aliphatic heterocycles. The molecule has 0 aromatic heterocycles. The normalized spacial score (nSPS) is 10.2. The quantitative estimate of drug-likeness (QED) is 0.787. The number of amides is 1. The highest BCUT2D eigenvalue weighted by atomic mass is 79.9. The Morgan fingerprint density at radius 2 is 1.95 bits per heavy atom. The zero-order valence-corrected chi connectivity index (χ0v) is 12.1. The van der Waals surface area contributed by atoms with Gasteiger partial charge in [-0.2, -0.15) is 0 Å². The lowest BCUT2D eigenvalue weighted by Crippen LogP contribution is -2.15. The van der Waals surface area contributed by atoms with Crippen LogP contribution in [-0.2, 0) is 0 Å². The van der Waals surface area contributed by atoms with Crippen molar-refractivity contribution in [1.82, 2.24) is 0 Å². The van der Waals surface area contributed by atoms with E-state index in [0.717, 1.165) is 6.07 Å². The Morgan fingerprint density at radius 3 is 2.57 bits per heavy atom. The van der Waals surface area contributed by atoms with Crippen LogP contribution in [0.15, 0.2) is 40.9 Å². The predicted octanol–water partition coefficient (Wildman–Crippen LogP) is 3.13. The van der Waals surface area contributed by atoms with Gasteiger partial charge in [0.25, 0.3) is 5.91 Å². The standard InChI is InChI=1S/C14H10BrFN2O3/c15-9-5-4-7(6-8(9)14(20)21)18-11-3-1-2-10(16)12(11)13(17)19/h1-6,18H,(H2,17,19)(H,20,21). The van der Waals surface area contributed by atoms with Crippen LogP contribution in [0.4, 0.5) is 15.8 Å². The summed E-state index contributed by atoms with van der Waals surface area (Å²) in [5.74, 6) is -2.77. The summed E-state index contributed by atoms with van der Waals surface area (Å²) in [6.45, 7) is 0. The maximum Gasteiger partial charge on any atom is 0.336 e. The Morgan fingerprint density at radius 1 is 1.24 bits per heavy atom. The fourth-order valence-electron chi connectivity index (χ4n) is 1.80. The van der Waals surface area contributed by atoms with Crippen LogP contribution in [0.1, 0.15) is 20.7 Å². The van der Waals surface area contributed by atoms with Gasteiger partial charge in [-0.05, 0) is 46.3 Å².